The standard InChI is InChI=1S/C20H20BrNO3/c21-16-9-7-15(8-10-16)19(23)17-3-1-2-4-18(17)20(24)22-11-12-25-13-14-5-6-14/h1-4,7-10,14H,5-6,11-13H2,(H,22,24). The molecule has 1 amide bonds. The van der Waals surface area contributed by atoms with Crippen LogP contribution in [0.2, 0.25) is 0 Å². The highest BCUT2D eigenvalue weighted by Crippen LogP contribution is 2.28. The van der Waals surface area contributed by atoms with Gasteiger partial charge in [-0.25, -0.2) is 0 Å². The van der Waals surface area contributed by atoms with Crippen molar-refractivity contribution in [2.24, 2.45) is 5.92 Å². The van der Waals surface area contributed by atoms with Crippen molar-refractivity contribution in [2.75, 3.05) is 19.8 Å². The van der Waals surface area contributed by atoms with Gasteiger partial charge in [-0.2, -0.15) is 0 Å². The lowest BCUT2D eigenvalue weighted by molar-refractivity contribution is 0.0899. The molecule has 0 bridgehead atoms. The van der Waals surface area contributed by atoms with Crippen LogP contribution in [0.3, 0.4) is 0 Å². The van der Waals surface area contributed by atoms with E-state index in [0.29, 0.717) is 35.8 Å². The summed E-state index contributed by atoms with van der Waals surface area (Å²) in [4.78, 5) is 25.2. The van der Waals surface area contributed by atoms with Crippen molar-refractivity contribution >= 4 is 27.6 Å². The zero-order chi connectivity index (χ0) is 17.6. The lowest BCUT2D eigenvalue weighted by atomic mass is 9.98. The number of ether oxygens (including phenoxy) is 1. The van der Waals surface area contributed by atoms with Crippen LogP contribution < -0.4 is 5.32 Å². The molecule has 130 valence electrons. The molecule has 0 heterocycles. The largest absolute Gasteiger partial charge is 0.379 e. The Morgan fingerprint density at radius 2 is 1.72 bits per heavy atom. The molecule has 2 aromatic rings. The van der Waals surface area contributed by atoms with Gasteiger partial charge in [-0.3, -0.25) is 9.59 Å². The van der Waals surface area contributed by atoms with Gasteiger partial charge < -0.3 is 10.1 Å². The number of nitrogens with one attached hydrogen (secondary N) is 1. The number of carbonyl (C=O) groups is 2. The maximum Gasteiger partial charge on any atom is 0.252 e. The molecule has 0 aliphatic heterocycles. The minimum atomic E-state index is -0.254. The van der Waals surface area contributed by atoms with E-state index in [9.17, 15) is 9.59 Å². The molecule has 0 atom stereocenters. The van der Waals surface area contributed by atoms with E-state index >= 15 is 0 Å². The molecule has 25 heavy (non-hydrogen) atoms. The van der Waals surface area contributed by atoms with Crippen molar-refractivity contribution in [3.05, 3.63) is 69.7 Å². The summed E-state index contributed by atoms with van der Waals surface area (Å²) in [5.74, 6) is 0.291. The Hall–Kier alpha value is -1.98. The maximum absolute atomic E-state index is 12.7. The van der Waals surface area contributed by atoms with Crippen LogP contribution in [-0.4, -0.2) is 31.4 Å². The second-order valence-electron chi connectivity index (χ2n) is 6.16. The first kappa shape index (κ1) is 17.8. The Labute approximate surface area is 155 Å². The van der Waals surface area contributed by atoms with Gasteiger partial charge in [0.2, 0.25) is 0 Å². The topological polar surface area (TPSA) is 55.4 Å². The molecule has 0 radical (unpaired) electrons. The molecule has 1 N–H and O–H groups in total. The molecule has 0 aromatic heterocycles. The molecule has 0 saturated heterocycles. The molecule has 1 saturated carbocycles. The van der Waals surface area contributed by atoms with Crippen molar-refractivity contribution in [3.63, 3.8) is 0 Å². The molecule has 4 nitrogen and oxygen atoms in total. The van der Waals surface area contributed by atoms with Crippen LogP contribution in [0.4, 0.5) is 0 Å². The van der Waals surface area contributed by atoms with E-state index in [1.54, 1.807) is 36.4 Å². The molecule has 3 rings (SSSR count). The molecule has 1 aliphatic carbocycles. The zero-order valence-electron chi connectivity index (χ0n) is 13.8. The van der Waals surface area contributed by atoms with E-state index in [-0.39, 0.29) is 11.7 Å². The summed E-state index contributed by atoms with van der Waals surface area (Å²) in [6.07, 6.45) is 2.50. The number of ketones is 1. The number of benzene rings is 2. The average Bonchev–Trinajstić information content (AvgIpc) is 3.45. The summed E-state index contributed by atoms with van der Waals surface area (Å²) in [6, 6.07) is 14.0. The summed E-state index contributed by atoms with van der Waals surface area (Å²) in [5.41, 5.74) is 1.34. The van der Waals surface area contributed by atoms with Gasteiger partial charge in [0.25, 0.3) is 5.91 Å². The fourth-order valence-corrected chi connectivity index (χ4v) is 2.77. The summed E-state index contributed by atoms with van der Waals surface area (Å²) in [7, 11) is 0. The Kier molecular flexibility index (Phi) is 6.00. The van der Waals surface area contributed by atoms with Gasteiger partial charge in [0, 0.05) is 28.8 Å². The summed E-state index contributed by atoms with van der Waals surface area (Å²) >= 11 is 3.36. The zero-order valence-corrected chi connectivity index (χ0v) is 15.4. The second-order valence-corrected chi connectivity index (χ2v) is 7.07. The SMILES string of the molecule is O=C(NCCOCC1CC1)c1ccccc1C(=O)c1ccc(Br)cc1. The monoisotopic (exact) mass is 401 g/mol. The number of hydrogen-bond acceptors (Lipinski definition) is 3. The number of carbonyl (C=O) groups excluding carboxylic acids is 2. The maximum atomic E-state index is 12.7. The van der Waals surface area contributed by atoms with Crippen molar-refractivity contribution < 1.29 is 14.3 Å². The van der Waals surface area contributed by atoms with Crippen LogP contribution >= 0.6 is 15.9 Å². The van der Waals surface area contributed by atoms with E-state index in [1.165, 1.54) is 12.8 Å². The predicted octanol–water partition coefficient (Wildman–Crippen LogP) is 3.84. The molecule has 5 heteroatoms. The Morgan fingerprint density at radius 1 is 1.04 bits per heavy atom. The van der Waals surface area contributed by atoms with E-state index in [1.807, 2.05) is 12.1 Å². The number of amides is 1. The van der Waals surface area contributed by atoms with Gasteiger partial charge in [-0.1, -0.05) is 34.1 Å². The smallest absolute Gasteiger partial charge is 0.252 e. The number of rotatable bonds is 8. The van der Waals surface area contributed by atoms with Crippen LogP contribution in [0.25, 0.3) is 0 Å². The quantitative estimate of drug-likeness (QED) is 0.539. The lowest BCUT2D eigenvalue weighted by Gasteiger charge is -2.10. The van der Waals surface area contributed by atoms with Crippen LogP contribution in [-0.2, 0) is 4.74 Å². The van der Waals surface area contributed by atoms with Gasteiger partial charge in [0.15, 0.2) is 5.78 Å². The average molecular weight is 402 g/mol. The van der Waals surface area contributed by atoms with E-state index < -0.39 is 0 Å². The van der Waals surface area contributed by atoms with Gasteiger partial charge in [0.05, 0.1) is 12.2 Å². The molecule has 2 aromatic carbocycles. The van der Waals surface area contributed by atoms with Gasteiger partial charge >= 0.3 is 0 Å². The Bertz CT molecular complexity index is 754. The van der Waals surface area contributed by atoms with E-state index in [4.69, 9.17) is 4.74 Å². The first-order valence-electron chi connectivity index (χ1n) is 8.40. The molecule has 0 unspecified atom stereocenters. The van der Waals surface area contributed by atoms with Crippen LogP contribution in [0.1, 0.15) is 39.1 Å². The van der Waals surface area contributed by atoms with E-state index in [2.05, 4.69) is 21.2 Å². The number of hydrogen-bond donors (Lipinski definition) is 1. The molecule has 1 aliphatic rings. The second kappa shape index (κ2) is 8.41. The molecular formula is C20H20BrNO3. The summed E-state index contributed by atoms with van der Waals surface area (Å²) < 4.78 is 6.42. The third kappa shape index (κ3) is 5.00. The third-order valence-corrected chi connectivity index (χ3v) is 4.63. The van der Waals surface area contributed by atoms with Gasteiger partial charge in [-0.05, 0) is 49.1 Å². The van der Waals surface area contributed by atoms with Crippen LogP contribution in [0, 0.1) is 5.92 Å². The van der Waals surface area contributed by atoms with Crippen LogP contribution in [0.15, 0.2) is 53.0 Å². The predicted molar refractivity (Wildman–Crippen MR) is 99.9 cm³/mol. The summed E-state index contributed by atoms with van der Waals surface area (Å²) in [6.45, 7) is 1.70. The fourth-order valence-electron chi connectivity index (χ4n) is 2.50. The Balaban J connectivity index is 1.63. The first-order chi connectivity index (χ1) is 12.1. The highest BCUT2D eigenvalue weighted by Gasteiger charge is 2.21. The normalized spacial score (nSPS) is 13.5. The molecule has 0 spiro atoms. The number of halogens is 1. The van der Waals surface area contributed by atoms with Crippen molar-refractivity contribution in [1.29, 1.82) is 0 Å². The summed E-state index contributed by atoms with van der Waals surface area (Å²) in [5, 5.41) is 2.83. The lowest BCUT2D eigenvalue weighted by Crippen LogP contribution is -2.29. The first-order valence-corrected chi connectivity index (χ1v) is 9.19. The highest BCUT2D eigenvalue weighted by molar-refractivity contribution is 9.10. The van der Waals surface area contributed by atoms with Crippen LogP contribution in [0.5, 0.6) is 0 Å². The van der Waals surface area contributed by atoms with Crippen molar-refractivity contribution in [1.82, 2.24) is 5.32 Å². The highest BCUT2D eigenvalue weighted by atomic mass is 79.9. The fraction of sp³-hybridized carbons (Fsp3) is 0.300. The van der Waals surface area contributed by atoms with Gasteiger partial charge in [-0.15, -0.1) is 0 Å². The molecule has 1 fully saturated rings. The van der Waals surface area contributed by atoms with Gasteiger partial charge in [0.1, 0.15) is 0 Å². The van der Waals surface area contributed by atoms with E-state index in [0.717, 1.165) is 11.1 Å². The molecular weight excluding hydrogens is 382 g/mol. The third-order valence-electron chi connectivity index (χ3n) is 4.11. The minimum absolute atomic E-state index is 0.164. The Morgan fingerprint density at radius 3 is 2.40 bits per heavy atom. The van der Waals surface area contributed by atoms with Crippen molar-refractivity contribution in [2.45, 2.75) is 12.8 Å². The van der Waals surface area contributed by atoms with Crippen molar-refractivity contribution in [3.8, 4) is 0 Å². The minimum Gasteiger partial charge on any atom is -0.379 e.